The van der Waals surface area contributed by atoms with Crippen LogP contribution in [0.4, 0.5) is 0 Å². The molecule has 6 nitrogen and oxygen atoms in total. The molecule has 0 saturated carbocycles. The Morgan fingerprint density at radius 1 is 1.48 bits per heavy atom. The van der Waals surface area contributed by atoms with Crippen molar-refractivity contribution >= 4 is 23.5 Å². The maximum absolute atomic E-state index is 11.9. The van der Waals surface area contributed by atoms with E-state index >= 15 is 0 Å². The first-order valence-electron chi connectivity index (χ1n) is 6.67. The van der Waals surface area contributed by atoms with E-state index < -0.39 is 17.9 Å². The fourth-order valence-electron chi connectivity index (χ4n) is 1.48. The van der Waals surface area contributed by atoms with Crippen molar-refractivity contribution in [3.05, 3.63) is 22.8 Å². The van der Waals surface area contributed by atoms with E-state index in [1.807, 2.05) is 13.8 Å². The van der Waals surface area contributed by atoms with Gasteiger partial charge in [-0.1, -0.05) is 32.4 Å². The molecule has 116 valence electrons. The van der Waals surface area contributed by atoms with Gasteiger partial charge in [0.05, 0.1) is 12.2 Å². The first-order chi connectivity index (χ1) is 9.85. The van der Waals surface area contributed by atoms with Gasteiger partial charge >= 0.3 is 5.97 Å². The Balaban J connectivity index is 2.78. The highest BCUT2D eigenvalue weighted by atomic mass is 35.5. The smallest absolute Gasteiger partial charge is 0.326 e. The van der Waals surface area contributed by atoms with Crippen LogP contribution in [0.25, 0.3) is 0 Å². The summed E-state index contributed by atoms with van der Waals surface area (Å²) in [7, 11) is 0. The van der Waals surface area contributed by atoms with E-state index in [9.17, 15) is 9.59 Å². The van der Waals surface area contributed by atoms with Gasteiger partial charge in [0.2, 0.25) is 5.88 Å². The number of carboxylic acids is 1. The molecule has 0 bridgehead atoms. The number of nitrogens with zero attached hydrogens (tertiary/aromatic N) is 1. The normalized spacial score (nSPS) is 12.0. The zero-order valence-corrected chi connectivity index (χ0v) is 13.0. The molecule has 0 radical (unpaired) electrons. The third-order valence-electron chi connectivity index (χ3n) is 2.63. The second kappa shape index (κ2) is 7.83. The molecule has 1 rings (SSSR count). The van der Waals surface area contributed by atoms with Gasteiger partial charge in [0.25, 0.3) is 5.91 Å². The predicted molar refractivity (Wildman–Crippen MR) is 78.8 cm³/mol. The zero-order chi connectivity index (χ0) is 16.0. The Morgan fingerprint density at radius 3 is 2.62 bits per heavy atom. The van der Waals surface area contributed by atoms with E-state index in [-0.39, 0.29) is 22.9 Å². The molecule has 1 heterocycles. The molecule has 1 unspecified atom stereocenters. The van der Waals surface area contributed by atoms with Crippen LogP contribution in [0.1, 0.15) is 37.6 Å². The van der Waals surface area contributed by atoms with E-state index in [4.69, 9.17) is 21.4 Å². The summed E-state index contributed by atoms with van der Waals surface area (Å²) in [6.07, 6.45) is 1.60. The van der Waals surface area contributed by atoms with Crippen molar-refractivity contribution in [1.82, 2.24) is 10.3 Å². The highest BCUT2D eigenvalue weighted by Crippen LogP contribution is 2.23. The monoisotopic (exact) mass is 314 g/mol. The summed E-state index contributed by atoms with van der Waals surface area (Å²) in [5.74, 6) is -1.03. The van der Waals surface area contributed by atoms with Gasteiger partial charge in [-0.25, -0.2) is 9.78 Å². The van der Waals surface area contributed by atoms with E-state index in [0.29, 0.717) is 12.5 Å². The predicted octanol–water partition coefficient (Wildman–Crippen LogP) is 2.36. The van der Waals surface area contributed by atoms with Crippen LogP contribution in [0.3, 0.4) is 0 Å². The van der Waals surface area contributed by atoms with Crippen LogP contribution in [0, 0.1) is 5.92 Å². The van der Waals surface area contributed by atoms with Gasteiger partial charge in [-0.2, -0.15) is 0 Å². The van der Waals surface area contributed by atoms with Crippen LogP contribution in [0.15, 0.2) is 12.3 Å². The first kappa shape index (κ1) is 17.2. The molecule has 1 amide bonds. The Kier molecular flexibility index (Phi) is 6.42. The summed E-state index contributed by atoms with van der Waals surface area (Å²) < 4.78 is 5.40. The summed E-state index contributed by atoms with van der Waals surface area (Å²) in [6.45, 7) is 6.13. The molecule has 7 heteroatoms. The van der Waals surface area contributed by atoms with Crippen molar-refractivity contribution in [2.75, 3.05) is 6.61 Å². The molecule has 0 saturated heterocycles. The van der Waals surface area contributed by atoms with Crippen molar-refractivity contribution in [2.24, 2.45) is 5.92 Å². The summed E-state index contributed by atoms with van der Waals surface area (Å²) in [5.41, 5.74) is 0.191. The van der Waals surface area contributed by atoms with Gasteiger partial charge in [-0.05, 0) is 18.4 Å². The molecule has 1 aromatic rings. The van der Waals surface area contributed by atoms with Crippen LogP contribution >= 0.6 is 11.6 Å². The Bertz CT molecular complexity index is 520. The number of hydrogen-bond acceptors (Lipinski definition) is 4. The maximum atomic E-state index is 11.9. The number of carbonyl (C=O) groups is 2. The Labute approximate surface area is 128 Å². The second-order valence-corrected chi connectivity index (χ2v) is 5.40. The summed E-state index contributed by atoms with van der Waals surface area (Å²) >= 11 is 6.01. The Hall–Kier alpha value is -1.82. The number of aliphatic carboxylic acids is 1. The highest BCUT2D eigenvalue weighted by Gasteiger charge is 2.19. The molecule has 0 aliphatic carbocycles. The van der Waals surface area contributed by atoms with Gasteiger partial charge in [0, 0.05) is 6.20 Å². The van der Waals surface area contributed by atoms with Crippen molar-refractivity contribution in [3.63, 3.8) is 0 Å². The molecule has 1 aromatic heterocycles. The van der Waals surface area contributed by atoms with E-state index in [1.54, 1.807) is 6.92 Å². The van der Waals surface area contributed by atoms with E-state index in [0.717, 1.165) is 0 Å². The largest absolute Gasteiger partial charge is 0.480 e. The van der Waals surface area contributed by atoms with Crippen molar-refractivity contribution in [1.29, 1.82) is 0 Å². The number of carbonyl (C=O) groups excluding carboxylic acids is 1. The molecule has 0 fully saturated rings. The lowest BCUT2D eigenvalue weighted by atomic mass is 10.2. The molecule has 0 spiro atoms. The number of rotatable bonds is 7. The van der Waals surface area contributed by atoms with Crippen LogP contribution in [-0.4, -0.2) is 34.6 Å². The minimum Gasteiger partial charge on any atom is -0.480 e. The first-order valence-corrected chi connectivity index (χ1v) is 7.05. The molecule has 21 heavy (non-hydrogen) atoms. The topological polar surface area (TPSA) is 88.5 Å². The second-order valence-electron chi connectivity index (χ2n) is 4.99. The number of halogens is 1. The number of ether oxygens (including phenoxy) is 1. The van der Waals surface area contributed by atoms with E-state index in [2.05, 4.69) is 10.3 Å². The lowest BCUT2D eigenvalue weighted by molar-refractivity contribution is -0.139. The minimum atomic E-state index is -1.08. The van der Waals surface area contributed by atoms with Crippen LogP contribution < -0.4 is 10.1 Å². The van der Waals surface area contributed by atoms with Crippen LogP contribution in [0.2, 0.25) is 5.02 Å². The average molecular weight is 315 g/mol. The quantitative estimate of drug-likeness (QED) is 0.806. The van der Waals surface area contributed by atoms with Gasteiger partial charge in [0.15, 0.2) is 0 Å². The number of pyridine rings is 1. The third kappa shape index (κ3) is 5.23. The summed E-state index contributed by atoms with van der Waals surface area (Å²) in [4.78, 5) is 26.8. The highest BCUT2D eigenvalue weighted by molar-refractivity contribution is 6.32. The van der Waals surface area contributed by atoms with Crippen molar-refractivity contribution in [2.45, 2.75) is 33.2 Å². The molecule has 0 aliphatic rings. The molecule has 0 aromatic carbocycles. The third-order valence-corrected chi connectivity index (χ3v) is 2.91. The molecular weight excluding hydrogens is 296 g/mol. The lowest BCUT2D eigenvalue weighted by Crippen LogP contribution is -2.40. The minimum absolute atomic E-state index is 0.191. The van der Waals surface area contributed by atoms with E-state index in [1.165, 1.54) is 12.3 Å². The molecule has 2 N–H and O–H groups in total. The fraction of sp³-hybridized carbons (Fsp3) is 0.500. The number of aromatic nitrogens is 1. The summed E-state index contributed by atoms with van der Waals surface area (Å²) in [5, 5.41) is 11.5. The SMILES string of the molecule is CCC(NC(=O)c1cnc(OCC(C)C)c(Cl)c1)C(=O)O. The molecular formula is C14H19ClN2O4. The average Bonchev–Trinajstić information content (AvgIpc) is 2.42. The standard InChI is InChI=1S/C14H19ClN2O4/c1-4-11(14(19)20)17-12(18)9-5-10(15)13(16-6-9)21-7-8(2)3/h5-6,8,11H,4,7H2,1-3H3,(H,17,18)(H,19,20). The number of carboxylic acid groups (broad SMARTS) is 1. The Morgan fingerprint density at radius 2 is 2.14 bits per heavy atom. The van der Waals surface area contributed by atoms with Crippen LogP contribution in [-0.2, 0) is 4.79 Å². The fourth-order valence-corrected chi connectivity index (χ4v) is 1.70. The number of amides is 1. The molecule has 1 atom stereocenters. The maximum Gasteiger partial charge on any atom is 0.326 e. The van der Waals surface area contributed by atoms with Gasteiger partial charge in [-0.15, -0.1) is 0 Å². The zero-order valence-electron chi connectivity index (χ0n) is 12.2. The lowest BCUT2D eigenvalue weighted by Gasteiger charge is -2.13. The van der Waals surface area contributed by atoms with Crippen molar-refractivity contribution < 1.29 is 19.4 Å². The number of nitrogens with one attached hydrogen (secondary N) is 1. The van der Waals surface area contributed by atoms with Gasteiger partial charge in [-0.3, -0.25) is 4.79 Å². The molecule has 0 aliphatic heterocycles. The van der Waals surface area contributed by atoms with Gasteiger partial charge < -0.3 is 15.2 Å². The number of hydrogen-bond donors (Lipinski definition) is 2. The van der Waals surface area contributed by atoms with Crippen molar-refractivity contribution in [3.8, 4) is 5.88 Å². The van der Waals surface area contributed by atoms with Gasteiger partial charge in [0.1, 0.15) is 11.1 Å². The summed E-state index contributed by atoms with van der Waals surface area (Å²) in [6, 6.07) is 0.474. The van der Waals surface area contributed by atoms with Crippen LogP contribution in [0.5, 0.6) is 5.88 Å².